The number of allylic oxidation sites excluding steroid dienone is 7. The minimum atomic E-state index is -0.839. The summed E-state index contributed by atoms with van der Waals surface area (Å²) in [6.07, 6.45) is 91.9. The van der Waals surface area contributed by atoms with Crippen molar-refractivity contribution in [3.05, 3.63) is 48.6 Å². The molecule has 4 heteroatoms. The molecule has 3 N–H and O–H groups in total. The Kier molecular flexibility index (Phi) is 64.2. The molecule has 0 heterocycles. The van der Waals surface area contributed by atoms with Crippen LogP contribution in [0.4, 0.5) is 0 Å². The third-order valence-corrected chi connectivity index (χ3v) is 15.8. The van der Waals surface area contributed by atoms with E-state index in [0.717, 1.165) is 38.5 Å². The monoisotopic (exact) mass is 1040 g/mol. The van der Waals surface area contributed by atoms with Crippen molar-refractivity contribution in [1.29, 1.82) is 0 Å². The van der Waals surface area contributed by atoms with Crippen LogP contribution >= 0.6 is 0 Å². The number of amides is 1. The number of aliphatic hydroxyl groups is 2. The Labute approximate surface area is 464 Å². The summed E-state index contributed by atoms with van der Waals surface area (Å²) >= 11 is 0. The lowest BCUT2D eigenvalue weighted by atomic mass is 10.0. The Morgan fingerprint density at radius 1 is 0.324 bits per heavy atom. The van der Waals surface area contributed by atoms with Gasteiger partial charge in [-0.05, 0) is 57.8 Å². The van der Waals surface area contributed by atoms with Crippen LogP contribution < -0.4 is 5.32 Å². The van der Waals surface area contributed by atoms with Crippen LogP contribution in [-0.4, -0.2) is 34.9 Å². The first-order valence-electron chi connectivity index (χ1n) is 33.9. The van der Waals surface area contributed by atoms with Gasteiger partial charge in [0, 0.05) is 6.42 Å². The first-order valence-corrected chi connectivity index (χ1v) is 33.9. The van der Waals surface area contributed by atoms with Gasteiger partial charge in [-0.3, -0.25) is 4.79 Å². The topological polar surface area (TPSA) is 69.6 Å². The van der Waals surface area contributed by atoms with Gasteiger partial charge in [0.2, 0.25) is 5.91 Å². The van der Waals surface area contributed by atoms with Gasteiger partial charge in [-0.1, -0.05) is 358 Å². The van der Waals surface area contributed by atoms with E-state index < -0.39 is 12.1 Å². The van der Waals surface area contributed by atoms with Crippen LogP contribution in [0, 0.1) is 0 Å². The van der Waals surface area contributed by atoms with Crippen LogP contribution in [0.15, 0.2) is 48.6 Å². The molecule has 1 amide bonds. The molecule has 0 aromatic rings. The smallest absolute Gasteiger partial charge is 0.220 e. The number of carbonyl (C=O) groups excluding carboxylic acids is 1. The van der Waals surface area contributed by atoms with Crippen molar-refractivity contribution in [3.63, 3.8) is 0 Å². The van der Waals surface area contributed by atoms with Crippen molar-refractivity contribution in [1.82, 2.24) is 5.32 Å². The van der Waals surface area contributed by atoms with E-state index in [1.54, 1.807) is 6.08 Å². The van der Waals surface area contributed by atoms with Gasteiger partial charge in [0.1, 0.15) is 0 Å². The van der Waals surface area contributed by atoms with Gasteiger partial charge in [0.05, 0.1) is 18.8 Å². The van der Waals surface area contributed by atoms with Crippen LogP contribution in [-0.2, 0) is 4.79 Å². The van der Waals surface area contributed by atoms with Crippen molar-refractivity contribution in [2.24, 2.45) is 0 Å². The molecule has 0 fully saturated rings. The van der Waals surface area contributed by atoms with Gasteiger partial charge in [0.25, 0.3) is 0 Å². The maximum Gasteiger partial charge on any atom is 0.220 e. The van der Waals surface area contributed by atoms with Gasteiger partial charge >= 0.3 is 0 Å². The van der Waals surface area contributed by atoms with E-state index >= 15 is 0 Å². The molecule has 0 bridgehead atoms. The van der Waals surface area contributed by atoms with Gasteiger partial charge < -0.3 is 15.5 Å². The molecule has 0 rings (SSSR count). The number of nitrogens with one attached hydrogen (secondary N) is 1. The molecule has 2 atom stereocenters. The lowest BCUT2D eigenvalue weighted by Gasteiger charge is -2.20. The molecule has 2 unspecified atom stereocenters. The quantitative estimate of drug-likeness (QED) is 0.0420. The summed E-state index contributed by atoms with van der Waals surface area (Å²) in [5.74, 6) is -0.0564. The van der Waals surface area contributed by atoms with Gasteiger partial charge in [-0.25, -0.2) is 0 Å². The zero-order valence-corrected chi connectivity index (χ0v) is 50.4. The summed E-state index contributed by atoms with van der Waals surface area (Å²) < 4.78 is 0. The number of carbonyl (C=O) groups is 1. The van der Waals surface area contributed by atoms with Crippen LogP contribution in [0.1, 0.15) is 373 Å². The molecule has 0 spiro atoms. The number of rotatable bonds is 63. The first-order chi connectivity index (χ1) is 36.7. The van der Waals surface area contributed by atoms with Gasteiger partial charge in [-0.15, -0.1) is 0 Å². The molecule has 0 saturated carbocycles. The van der Waals surface area contributed by atoms with Crippen LogP contribution in [0.3, 0.4) is 0 Å². The lowest BCUT2D eigenvalue weighted by molar-refractivity contribution is -0.123. The average molecular weight is 1040 g/mol. The molecule has 4 nitrogen and oxygen atoms in total. The summed E-state index contributed by atoms with van der Waals surface area (Å²) in [4.78, 5) is 12.5. The number of aliphatic hydroxyl groups excluding tert-OH is 2. The predicted molar refractivity (Wildman–Crippen MR) is 331 cm³/mol. The molecule has 436 valence electrons. The molecule has 0 saturated heterocycles. The van der Waals surface area contributed by atoms with E-state index in [4.69, 9.17) is 0 Å². The molecule has 0 aromatic carbocycles. The molecule has 0 aliphatic carbocycles. The lowest BCUT2D eigenvalue weighted by Crippen LogP contribution is -2.45. The zero-order chi connectivity index (χ0) is 53.4. The summed E-state index contributed by atoms with van der Waals surface area (Å²) in [7, 11) is 0. The Hall–Kier alpha value is -1.65. The second-order valence-corrected chi connectivity index (χ2v) is 23.2. The van der Waals surface area contributed by atoms with Crippen molar-refractivity contribution in [3.8, 4) is 0 Å². The highest BCUT2D eigenvalue weighted by molar-refractivity contribution is 5.76. The molecular formula is C70H133NO3. The molecule has 0 aromatic heterocycles. The highest BCUT2D eigenvalue weighted by Crippen LogP contribution is 2.19. The van der Waals surface area contributed by atoms with Crippen LogP contribution in [0.5, 0.6) is 0 Å². The third-order valence-electron chi connectivity index (χ3n) is 15.8. The maximum atomic E-state index is 12.5. The fourth-order valence-electron chi connectivity index (χ4n) is 10.7. The zero-order valence-electron chi connectivity index (χ0n) is 50.4. The predicted octanol–water partition coefficient (Wildman–Crippen LogP) is 22.9. The summed E-state index contributed by atoms with van der Waals surface area (Å²) in [5, 5.41) is 23.3. The fraction of sp³-hybridized carbons (Fsp3) is 0.871. The Morgan fingerprint density at radius 3 is 0.824 bits per heavy atom. The fourth-order valence-corrected chi connectivity index (χ4v) is 10.7. The molecule has 0 radical (unpaired) electrons. The maximum absolute atomic E-state index is 12.5. The molecule has 74 heavy (non-hydrogen) atoms. The summed E-state index contributed by atoms with van der Waals surface area (Å²) in [6, 6.07) is -0.622. The van der Waals surface area contributed by atoms with Gasteiger partial charge in [0.15, 0.2) is 0 Å². The Balaban J connectivity index is 3.41. The molecule has 0 aliphatic rings. The SMILES string of the molecule is CCCCCCC/C=C\C/C=C\C/C=C\CCCCCCCCCCCCCCCCCCCCCCCCCCC(=O)NC(CO)C(O)/C=C/CCCCCCCCCCCCCCCCCCCCCCC. The van der Waals surface area contributed by atoms with E-state index in [9.17, 15) is 15.0 Å². The first kappa shape index (κ1) is 72.3. The number of hydrogen-bond donors (Lipinski definition) is 3. The number of hydrogen-bond acceptors (Lipinski definition) is 3. The van der Waals surface area contributed by atoms with E-state index in [1.807, 2.05) is 6.08 Å². The Bertz CT molecular complexity index is 1170. The highest BCUT2D eigenvalue weighted by Gasteiger charge is 2.18. The van der Waals surface area contributed by atoms with Crippen molar-refractivity contribution in [2.75, 3.05) is 6.61 Å². The summed E-state index contributed by atoms with van der Waals surface area (Å²) in [6.45, 7) is 4.34. The van der Waals surface area contributed by atoms with E-state index in [0.29, 0.717) is 6.42 Å². The second kappa shape index (κ2) is 65.6. The normalized spacial score (nSPS) is 13.0. The second-order valence-electron chi connectivity index (χ2n) is 23.2. The minimum absolute atomic E-state index is 0.0564. The largest absolute Gasteiger partial charge is 0.394 e. The van der Waals surface area contributed by atoms with E-state index in [2.05, 4.69) is 55.6 Å². The highest BCUT2D eigenvalue weighted by atomic mass is 16.3. The minimum Gasteiger partial charge on any atom is -0.394 e. The van der Waals surface area contributed by atoms with Crippen molar-refractivity contribution >= 4 is 5.91 Å². The summed E-state index contributed by atoms with van der Waals surface area (Å²) in [5.41, 5.74) is 0. The third kappa shape index (κ3) is 61.2. The van der Waals surface area contributed by atoms with Crippen molar-refractivity contribution in [2.45, 2.75) is 386 Å². The molecular weight excluding hydrogens is 903 g/mol. The van der Waals surface area contributed by atoms with Crippen molar-refractivity contribution < 1.29 is 15.0 Å². The van der Waals surface area contributed by atoms with Crippen LogP contribution in [0.2, 0.25) is 0 Å². The van der Waals surface area contributed by atoms with E-state index in [-0.39, 0.29) is 12.5 Å². The van der Waals surface area contributed by atoms with Crippen LogP contribution in [0.25, 0.3) is 0 Å². The average Bonchev–Trinajstić information content (AvgIpc) is 3.40. The standard InChI is InChI=1S/C70H133NO3/c1-3-5-7-9-11-13-15-17-19-21-23-25-27-28-29-30-31-32-33-34-35-36-37-38-39-40-41-42-44-46-48-50-52-54-56-58-60-62-64-66-70(74)71-68(67-72)69(73)65-63-61-59-57-55-53-51-49-47-45-43-26-24-22-20-18-16-14-12-10-8-6-4-2/h15,17,21,23,27-28,63,65,68-69,72-73H,3-14,16,18-20,22,24-26,29-62,64,66-67H2,1-2H3,(H,71,74)/b17-15-,23-21-,28-27-,65-63+. The van der Waals surface area contributed by atoms with Gasteiger partial charge in [-0.2, -0.15) is 0 Å². The molecule has 0 aliphatic heterocycles. The number of unbranched alkanes of at least 4 members (excludes halogenated alkanes) is 50. The Morgan fingerprint density at radius 2 is 0.554 bits per heavy atom. The van der Waals surface area contributed by atoms with E-state index in [1.165, 1.54) is 315 Å².